The smallest absolute Gasteiger partial charge is 0.140 e. The summed E-state index contributed by atoms with van der Waals surface area (Å²) in [6.45, 7) is 4.15. The Hall–Kier alpha value is -0.740. The standard InChI is InChI=1S/C13H20N2OS/c1-4-13(2,16-3)12-14-10-8-6-5-7-9(10)11(17)15-12/h4-8H2,1-3H3,(H,14,15,17). The van der Waals surface area contributed by atoms with Crippen molar-refractivity contribution in [1.29, 1.82) is 0 Å². The first-order valence-corrected chi connectivity index (χ1v) is 6.69. The van der Waals surface area contributed by atoms with Crippen molar-refractivity contribution in [3.8, 4) is 0 Å². The zero-order valence-corrected chi connectivity index (χ0v) is 11.6. The maximum atomic E-state index is 5.58. The van der Waals surface area contributed by atoms with Gasteiger partial charge in [-0.15, -0.1) is 0 Å². The molecule has 1 aliphatic carbocycles. The maximum Gasteiger partial charge on any atom is 0.140 e. The van der Waals surface area contributed by atoms with E-state index < -0.39 is 0 Å². The van der Waals surface area contributed by atoms with Crippen LogP contribution in [-0.4, -0.2) is 17.1 Å². The lowest BCUT2D eigenvalue weighted by Gasteiger charge is -2.27. The average Bonchev–Trinajstić information content (AvgIpc) is 2.38. The SMILES string of the molecule is CCC(C)(OC)c1nc(=S)c2c([nH]1)CCCC2. The van der Waals surface area contributed by atoms with E-state index in [9.17, 15) is 0 Å². The first kappa shape index (κ1) is 12.7. The molecule has 0 radical (unpaired) electrons. The molecular weight excluding hydrogens is 232 g/mol. The van der Waals surface area contributed by atoms with Gasteiger partial charge >= 0.3 is 0 Å². The van der Waals surface area contributed by atoms with Crippen LogP contribution in [-0.2, 0) is 23.2 Å². The molecule has 1 aliphatic rings. The van der Waals surface area contributed by atoms with Gasteiger partial charge in [0.15, 0.2) is 0 Å². The minimum atomic E-state index is -0.361. The van der Waals surface area contributed by atoms with Crippen molar-refractivity contribution in [3.05, 3.63) is 21.7 Å². The maximum absolute atomic E-state index is 5.58. The van der Waals surface area contributed by atoms with Gasteiger partial charge in [-0.3, -0.25) is 0 Å². The lowest BCUT2D eigenvalue weighted by Crippen LogP contribution is -2.27. The molecule has 0 saturated carbocycles. The number of aromatic amines is 1. The zero-order chi connectivity index (χ0) is 12.5. The third-order valence-corrected chi connectivity index (χ3v) is 4.17. The molecule has 1 aromatic rings. The van der Waals surface area contributed by atoms with Crippen LogP contribution < -0.4 is 0 Å². The van der Waals surface area contributed by atoms with Gasteiger partial charge in [-0.25, -0.2) is 4.98 Å². The first-order valence-electron chi connectivity index (χ1n) is 6.28. The van der Waals surface area contributed by atoms with E-state index >= 15 is 0 Å². The van der Waals surface area contributed by atoms with E-state index in [0.29, 0.717) is 0 Å². The average molecular weight is 252 g/mol. The van der Waals surface area contributed by atoms with E-state index in [1.165, 1.54) is 24.1 Å². The number of nitrogens with one attached hydrogen (secondary N) is 1. The van der Waals surface area contributed by atoms with E-state index in [-0.39, 0.29) is 5.60 Å². The van der Waals surface area contributed by atoms with Gasteiger partial charge in [0.25, 0.3) is 0 Å². The number of H-pyrrole nitrogens is 1. The van der Waals surface area contributed by atoms with Crippen LogP contribution in [0.25, 0.3) is 0 Å². The van der Waals surface area contributed by atoms with Crippen molar-refractivity contribution in [3.63, 3.8) is 0 Å². The highest BCUT2D eigenvalue weighted by Crippen LogP contribution is 2.28. The first-order chi connectivity index (χ1) is 8.10. The van der Waals surface area contributed by atoms with Gasteiger partial charge in [-0.1, -0.05) is 19.1 Å². The fourth-order valence-corrected chi connectivity index (χ4v) is 2.59. The molecule has 4 heteroatoms. The monoisotopic (exact) mass is 252 g/mol. The molecule has 1 N–H and O–H groups in total. The van der Waals surface area contributed by atoms with Gasteiger partial charge in [0, 0.05) is 18.4 Å². The molecule has 1 atom stereocenters. The summed E-state index contributed by atoms with van der Waals surface area (Å²) < 4.78 is 6.33. The van der Waals surface area contributed by atoms with Crippen LogP contribution in [0.15, 0.2) is 0 Å². The lowest BCUT2D eigenvalue weighted by molar-refractivity contribution is -0.00932. The molecular formula is C13H20N2OS. The van der Waals surface area contributed by atoms with Gasteiger partial charge in [-0.05, 0) is 39.0 Å². The summed E-state index contributed by atoms with van der Waals surface area (Å²) in [5.41, 5.74) is 2.15. The number of hydrogen-bond acceptors (Lipinski definition) is 3. The largest absolute Gasteiger partial charge is 0.371 e. The topological polar surface area (TPSA) is 37.9 Å². The van der Waals surface area contributed by atoms with Crippen molar-refractivity contribution in [2.24, 2.45) is 0 Å². The molecule has 1 unspecified atom stereocenters. The molecule has 0 bridgehead atoms. The van der Waals surface area contributed by atoms with E-state index in [0.717, 1.165) is 29.7 Å². The van der Waals surface area contributed by atoms with Gasteiger partial charge in [0.1, 0.15) is 16.1 Å². The van der Waals surface area contributed by atoms with Crippen molar-refractivity contribution in [2.75, 3.05) is 7.11 Å². The number of aryl methyl sites for hydroxylation is 1. The second-order valence-electron chi connectivity index (χ2n) is 4.84. The van der Waals surface area contributed by atoms with Crippen molar-refractivity contribution in [1.82, 2.24) is 9.97 Å². The Morgan fingerprint density at radius 1 is 1.41 bits per heavy atom. The predicted molar refractivity (Wildman–Crippen MR) is 70.7 cm³/mol. The summed E-state index contributed by atoms with van der Waals surface area (Å²) in [6.07, 6.45) is 5.48. The molecule has 0 amide bonds. The normalized spacial score (nSPS) is 18.5. The number of methoxy groups -OCH3 is 1. The van der Waals surface area contributed by atoms with Gasteiger partial charge < -0.3 is 9.72 Å². The van der Waals surface area contributed by atoms with Crippen LogP contribution in [0, 0.1) is 4.64 Å². The third kappa shape index (κ3) is 2.29. The fraction of sp³-hybridized carbons (Fsp3) is 0.692. The summed E-state index contributed by atoms with van der Waals surface area (Å²) in [6, 6.07) is 0. The number of rotatable bonds is 3. The summed E-state index contributed by atoms with van der Waals surface area (Å²) in [5, 5.41) is 0. The number of ether oxygens (including phenoxy) is 1. The predicted octanol–water partition coefficient (Wildman–Crippen LogP) is 3.29. The Morgan fingerprint density at radius 2 is 2.12 bits per heavy atom. The van der Waals surface area contributed by atoms with E-state index in [1.54, 1.807) is 7.11 Å². The number of nitrogens with zero attached hydrogens (tertiary/aromatic N) is 1. The van der Waals surface area contributed by atoms with Crippen molar-refractivity contribution >= 4 is 12.2 Å². The molecule has 1 aromatic heterocycles. The quantitative estimate of drug-likeness (QED) is 0.839. The Kier molecular flexibility index (Phi) is 3.64. The molecule has 0 fully saturated rings. The van der Waals surface area contributed by atoms with Gasteiger partial charge in [-0.2, -0.15) is 0 Å². The second kappa shape index (κ2) is 4.86. The summed E-state index contributed by atoms with van der Waals surface area (Å²) in [4.78, 5) is 7.98. The van der Waals surface area contributed by atoms with E-state index in [2.05, 4.69) is 23.8 Å². The number of aromatic nitrogens is 2. The highest BCUT2D eigenvalue weighted by Gasteiger charge is 2.28. The molecule has 94 valence electrons. The second-order valence-corrected chi connectivity index (χ2v) is 5.23. The van der Waals surface area contributed by atoms with Crippen LogP contribution >= 0.6 is 12.2 Å². The Balaban J connectivity index is 2.51. The van der Waals surface area contributed by atoms with Crippen molar-refractivity contribution in [2.45, 2.75) is 51.6 Å². The molecule has 0 aromatic carbocycles. The molecule has 3 nitrogen and oxygen atoms in total. The Morgan fingerprint density at radius 3 is 2.76 bits per heavy atom. The Labute approximate surface area is 108 Å². The zero-order valence-electron chi connectivity index (χ0n) is 10.8. The van der Waals surface area contributed by atoms with Crippen LogP contribution in [0.5, 0.6) is 0 Å². The third-order valence-electron chi connectivity index (χ3n) is 3.83. The highest BCUT2D eigenvalue weighted by molar-refractivity contribution is 7.71. The van der Waals surface area contributed by atoms with Crippen LogP contribution in [0.3, 0.4) is 0 Å². The highest BCUT2D eigenvalue weighted by atomic mass is 32.1. The summed E-state index contributed by atoms with van der Waals surface area (Å²) >= 11 is 5.40. The molecule has 0 saturated heterocycles. The van der Waals surface area contributed by atoms with Crippen molar-refractivity contribution < 1.29 is 4.74 Å². The molecule has 17 heavy (non-hydrogen) atoms. The molecule has 0 spiro atoms. The minimum absolute atomic E-state index is 0.361. The van der Waals surface area contributed by atoms with Crippen LogP contribution in [0.1, 0.15) is 50.2 Å². The molecule has 0 aliphatic heterocycles. The molecule has 1 heterocycles. The number of fused-ring (bicyclic) bond motifs is 1. The minimum Gasteiger partial charge on any atom is -0.371 e. The van der Waals surface area contributed by atoms with E-state index in [4.69, 9.17) is 17.0 Å². The van der Waals surface area contributed by atoms with Gasteiger partial charge in [0.2, 0.25) is 0 Å². The van der Waals surface area contributed by atoms with Crippen LogP contribution in [0.2, 0.25) is 0 Å². The lowest BCUT2D eigenvalue weighted by atomic mass is 9.96. The summed E-state index contributed by atoms with van der Waals surface area (Å²) in [5.74, 6) is 0.869. The Bertz CT molecular complexity index is 463. The number of hydrogen-bond donors (Lipinski definition) is 1. The fourth-order valence-electron chi connectivity index (χ4n) is 2.28. The molecule has 2 rings (SSSR count). The van der Waals surface area contributed by atoms with Crippen LogP contribution in [0.4, 0.5) is 0 Å². The van der Waals surface area contributed by atoms with Gasteiger partial charge in [0.05, 0.1) is 0 Å². The van der Waals surface area contributed by atoms with E-state index in [1.807, 2.05) is 0 Å². The summed E-state index contributed by atoms with van der Waals surface area (Å²) in [7, 11) is 1.72.